The lowest BCUT2D eigenvalue weighted by molar-refractivity contribution is -0.122. The van der Waals surface area contributed by atoms with Crippen LogP contribution in [0.15, 0.2) is 79.5 Å². The van der Waals surface area contributed by atoms with Gasteiger partial charge in [0.05, 0.1) is 11.4 Å². The van der Waals surface area contributed by atoms with Crippen LogP contribution in [0.25, 0.3) is 11.1 Å². The van der Waals surface area contributed by atoms with Gasteiger partial charge < -0.3 is 26.6 Å². The van der Waals surface area contributed by atoms with Crippen LogP contribution in [0.1, 0.15) is 23.2 Å². The lowest BCUT2D eigenvalue weighted by Gasteiger charge is -2.23. The number of anilines is 4. The molecule has 7 nitrogen and oxygen atoms in total. The number of rotatable bonds is 9. The quantitative estimate of drug-likeness (QED) is 0.257. The van der Waals surface area contributed by atoms with Gasteiger partial charge in [0, 0.05) is 29.7 Å². The molecule has 0 unspecified atom stereocenters. The van der Waals surface area contributed by atoms with Crippen LogP contribution in [0.5, 0.6) is 0 Å². The highest BCUT2D eigenvalue weighted by atomic mass is 19.4. The van der Waals surface area contributed by atoms with E-state index in [9.17, 15) is 22.8 Å². The largest absolute Gasteiger partial charge is 0.405 e. The van der Waals surface area contributed by atoms with Gasteiger partial charge in [-0.15, -0.1) is 0 Å². The predicted octanol–water partition coefficient (Wildman–Crippen LogP) is 6.04. The number of benzene rings is 3. The maximum absolute atomic E-state index is 12.3. The molecule has 0 heterocycles. The van der Waals surface area contributed by atoms with Gasteiger partial charge in [-0.2, -0.15) is 13.2 Å². The Balaban J connectivity index is 1.46. The van der Waals surface area contributed by atoms with Crippen molar-refractivity contribution in [3.63, 3.8) is 0 Å². The Kier molecular flexibility index (Phi) is 7.90. The molecule has 0 aromatic heterocycles. The number of carbonyl (C=O) groups is 2. The number of nitrogens with one attached hydrogen (secondary N) is 3. The number of nitrogens with zero attached hydrogens (tertiary/aromatic N) is 1. The van der Waals surface area contributed by atoms with Crippen LogP contribution >= 0.6 is 0 Å². The summed E-state index contributed by atoms with van der Waals surface area (Å²) in [5.74, 6) is 0.519. The van der Waals surface area contributed by atoms with E-state index < -0.39 is 18.8 Å². The number of hydrogen-bond donors (Lipinski definition) is 4. The molecular formula is C28H28F3N5O2. The summed E-state index contributed by atoms with van der Waals surface area (Å²) >= 11 is 0. The monoisotopic (exact) mass is 523 g/mol. The van der Waals surface area contributed by atoms with Crippen LogP contribution in [-0.2, 0) is 0 Å². The van der Waals surface area contributed by atoms with Crippen molar-refractivity contribution >= 4 is 34.7 Å². The van der Waals surface area contributed by atoms with Crippen LogP contribution in [0.4, 0.5) is 40.7 Å². The summed E-state index contributed by atoms with van der Waals surface area (Å²) in [4.78, 5) is 25.8. The van der Waals surface area contributed by atoms with E-state index in [1.165, 1.54) is 12.8 Å². The second kappa shape index (κ2) is 11.3. The minimum Gasteiger partial charge on any atom is -0.397 e. The number of nitrogens with two attached hydrogens (primary N) is 1. The first kappa shape index (κ1) is 26.6. The number of amides is 3. The van der Waals surface area contributed by atoms with Gasteiger partial charge in [0.2, 0.25) is 0 Å². The molecule has 3 aromatic carbocycles. The van der Waals surface area contributed by atoms with Crippen molar-refractivity contribution in [1.29, 1.82) is 0 Å². The second-order valence-corrected chi connectivity index (χ2v) is 9.03. The minimum atomic E-state index is -4.51. The molecular weight excluding hydrogens is 495 g/mol. The SMILES string of the molecule is C=CN(c1cccc(NC(=O)NCC(F)(F)F)c1)c1ccc(-c2ccc(C(=O)NCC3CC3)cc2)cc1N. The molecule has 0 spiro atoms. The van der Waals surface area contributed by atoms with Gasteiger partial charge in [-0.25, -0.2) is 4.79 Å². The molecule has 38 heavy (non-hydrogen) atoms. The van der Waals surface area contributed by atoms with Gasteiger partial charge in [0.15, 0.2) is 0 Å². The van der Waals surface area contributed by atoms with Crippen LogP contribution in [0.3, 0.4) is 0 Å². The average Bonchev–Trinajstić information content (AvgIpc) is 3.72. The first-order valence-corrected chi connectivity index (χ1v) is 12.0. The van der Waals surface area contributed by atoms with Crippen LogP contribution in [0, 0.1) is 5.92 Å². The Morgan fingerprint density at radius 1 is 1.00 bits per heavy atom. The molecule has 1 aliphatic carbocycles. The Morgan fingerprint density at radius 3 is 2.34 bits per heavy atom. The summed E-state index contributed by atoms with van der Waals surface area (Å²) in [5.41, 5.74) is 10.7. The molecule has 5 N–H and O–H groups in total. The molecule has 0 radical (unpaired) electrons. The maximum Gasteiger partial charge on any atom is 0.405 e. The highest BCUT2D eigenvalue weighted by molar-refractivity contribution is 5.95. The topological polar surface area (TPSA) is 99.5 Å². The third-order valence-electron chi connectivity index (χ3n) is 6.03. The van der Waals surface area contributed by atoms with Crippen molar-refractivity contribution in [2.24, 2.45) is 5.92 Å². The van der Waals surface area contributed by atoms with E-state index in [1.54, 1.807) is 58.9 Å². The van der Waals surface area contributed by atoms with Crippen LogP contribution in [-0.4, -0.2) is 31.2 Å². The fourth-order valence-corrected chi connectivity index (χ4v) is 3.86. The zero-order valence-electron chi connectivity index (χ0n) is 20.5. The standard InChI is InChI=1S/C28H28F3N5O2/c1-2-36(23-5-3-4-22(15-23)35-27(38)34-17-28(29,30)31)25-13-12-21(14-24(25)32)19-8-10-20(11-9-19)26(37)33-16-18-6-7-18/h2-5,8-15,18H,1,6-7,16-17,32H2,(H,33,37)(H2,34,35,38). The molecule has 0 aliphatic heterocycles. The number of hydrogen-bond acceptors (Lipinski definition) is 4. The smallest absolute Gasteiger partial charge is 0.397 e. The van der Waals surface area contributed by atoms with Crippen LogP contribution in [0.2, 0.25) is 0 Å². The van der Waals surface area contributed by atoms with Gasteiger partial charge in [0.25, 0.3) is 5.91 Å². The molecule has 198 valence electrons. The lowest BCUT2D eigenvalue weighted by atomic mass is 10.0. The fourth-order valence-electron chi connectivity index (χ4n) is 3.86. The van der Waals surface area contributed by atoms with Crippen molar-refractivity contribution in [3.05, 3.63) is 85.1 Å². The lowest BCUT2D eigenvalue weighted by Crippen LogP contribution is -2.36. The Morgan fingerprint density at radius 2 is 1.71 bits per heavy atom. The summed E-state index contributed by atoms with van der Waals surface area (Å²) in [6.45, 7) is 3.12. The van der Waals surface area contributed by atoms with Gasteiger partial charge in [-0.3, -0.25) is 4.79 Å². The fraction of sp³-hybridized carbons (Fsp3) is 0.214. The molecule has 3 aromatic rings. The highest BCUT2D eigenvalue weighted by Gasteiger charge is 2.27. The Labute approximate surface area is 218 Å². The van der Waals surface area contributed by atoms with E-state index in [2.05, 4.69) is 17.2 Å². The van der Waals surface area contributed by atoms with Gasteiger partial charge in [-0.05, 0) is 72.4 Å². The third kappa shape index (κ3) is 7.06. The molecule has 10 heteroatoms. The molecule has 0 atom stereocenters. The van der Waals surface area contributed by atoms with Crippen LogP contribution < -0.4 is 26.6 Å². The zero-order chi connectivity index (χ0) is 27.3. The van der Waals surface area contributed by atoms with E-state index in [4.69, 9.17) is 5.73 Å². The van der Waals surface area contributed by atoms with E-state index in [-0.39, 0.29) is 5.91 Å². The van der Waals surface area contributed by atoms with Crippen molar-refractivity contribution in [2.45, 2.75) is 19.0 Å². The molecule has 0 bridgehead atoms. The number of carbonyl (C=O) groups excluding carboxylic acids is 2. The van der Waals surface area contributed by atoms with E-state index in [1.807, 2.05) is 24.3 Å². The number of urea groups is 1. The van der Waals surface area contributed by atoms with E-state index in [0.29, 0.717) is 40.8 Å². The van der Waals surface area contributed by atoms with Gasteiger partial charge >= 0.3 is 12.2 Å². The van der Waals surface area contributed by atoms with Crippen molar-refractivity contribution in [3.8, 4) is 11.1 Å². The maximum atomic E-state index is 12.3. The summed E-state index contributed by atoms with van der Waals surface area (Å²) < 4.78 is 37.0. The Bertz CT molecular complexity index is 1320. The van der Waals surface area contributed by atoms with Crippen molar-refractivity contribution in [2.75, 3.05) is 29.0 Å². The second-order valence-electron chi connectivity index (χ2n) is 9.03. The summed E-state index contributed by atoms with van der Waals surface area (Å²) in [7, 11) is 0. The number of nitrogen functional groups attached to an aromatic ring is 1. The Hall–Kier alpha value is -4.47. The number of alkyl halides is 3. The average molecular weight is 524 g/mol. The van der Waals surface area contributed by atoms with E-state index >= 15 is 0 Å². The molecule has 1 aliphatic rings. The molecule has 0 saturated heterocycles. The summed E-state index contributed by atoms with van der Waals surface area (Å²) in [5, 5.41) is 7.11. The number of halogens is 3. The molecule has 1 fully saturated rings. The summed E-state index contributed by atoms with van der Waals surface area (Å²) in [6.07, 6.45) is -0.618. The van der Waals surface area contributed by atoms with Gasteiger partial charge in [-0.1, -0.05) is 30.8 Å². The molecule has 1 saturated carbocycles. The van der Waals surface area contributed by atoms with Crippen molar-refractivity contribution < 1.29 is 22.8 Å². The third-order valence-corrected chi connectivity index (χ3v) is 6.03. The summed E-state index contributed by atoms with van der Waals surface area (Å²) in [6, 6.07) is 18.4. The first-order chi connectivity index (χ1) is 18.1. The first-order valence-electron chi connectivity index (χ1n) is 12.0. The highest BCUT2D eigenvalue weighted by Crippen LogP contribution is 2.35. The zero-order valence-corrected chi connectivity index (χ0v) is 20.5. The van der Waals surface area contributed by atoms with E-state index in [0.717, 1.165) is 11.1 Å². The minimum absolute atomic E-state index is 0.0884. The molecule has 4 rings (SSSR count). The van der Waals surface area contributed by atoms with Crippen molar-refractivity contribution in [1.82, 2.24) is 10.6 Å². The normalized spacial score (nSPS) is 12.9. The van der Waals surface area contributed by atoms with Gasteiger partial charge in [0.1, 0.15) is 6.54 Å². The molecule has 3 amide bonds. The predicted molar refractivity (Wildman–Crippen MR) is 143 cm³/mol.